The number of benzene rings is 4. The molecule has 0 atom stereocenters. The molecule has 0 aliphatic carbocycles. The molecule has 2 nitrogen and oxygen atoms in total. The topological polar surface area (TPSA) is 26.3 Å². The van der Waals surface area contributed by atoms with Crippen molar-refractivity contribution >= 4 is 27.0 Å². The molecule has 0 N–H and O–H groups in total. The molecule has 0 bridgehead atoms. The fraction of sp³-hybridized carbons (Fsp3) is 0.269. The van der Waals surface area contributed by atoms with Crippen LogP contribution in [0.1, 0.15) is 84.4 Å². The average Bonchev–Trinajstić information content (AvgIpc) is 3.97. The van der Waals surface area contributed by atoms with Gasteiger partial charge in [-0.1, -0.05) is 110 Å². The van der Waals surface area contributed by atoms with E-state index in [0.29, 0.717) is 11.8 Å². The molecule has 6 heteroatoms. The normalized spacial score (nSPS) is 10.9. The summed E-state index contributed by atoms with van der Waals surface area (Å²) in [6, 6.07) is 39.8. The van der Waals surface area contributed by atoms with Crippen LogP contribution in [0.4, 0.5) is 0 Å². The molecule has 8 rings (SSSR count). The van der Waals surface area contributed by atoms with Gasteiger partial charge in [0.1, 0.15) is 0 Å². The van der Waals surface area contributed by atoms with Crippen LogP contribution in [0.15, 0.2) is 118 Å². The second-order valence-corrected chi connectivity index (χ2v) is 25.6. The molecule has 300 valence electrons. The fourth-order valence-electron chi connectivity index (χ4n) is 7.48. The zero-order chi connectivity index (χ0) is 40.4. The number of furan rings is 2. The maximum atomic E-state index is 5.85. The van der Waals surface area contributed by atoms with E-state index in [2.05, 4.69) is 166 Å². The summed E-state index contributed by atoms with van der Waals surface area (Å²) in [5.41, 5.74) is 15.9. The third-order valence-corrected chi connectivity index (χ3v) is 10.8. The summed E-state index contributed by atoms with van der Waals surface area (Å²) in [6.45, 7) is 26.4. The first-order chi connectivity index (χ1) is 26.6. The Labute approximate surface area is 374 Å². The Morgan fingerprint density at radius 3 is 1.10 bits per heavy atom. The number of hydrogen-bond donors (Lipinski definition) is 0. The van der Waals surface area contributed by atoms with Crippen molar-refractivity contribution < 1.29 is 57.0 Å². The molecular formula is C52H56Cl2O2SiZr-2. The van der Waals surface area contributed by atoms with Gasteiger partial charge < -0.3 is 33.6 Å². The minimum absolute atomic E-state index is 0. The van der Waals surface area contributed by atoms with Gasteiger partial charge in [-0.15, -0.1) is 57.9 Å². The van der Waals surface area contributed by atoms with Crippen LogP contribution in [0.5, 0.6) is 0 Å². The summed E-state index contributed by atoms with van der Waals surface area (Å²) in [6.07, 6.45) is 0. The molecule has 0 aliphatic heterocycles. The minimum Gasteiger partial charge on any atom is -1.00 e. The van der Waals surface area contributed by atoms with E-state index < -0.39 is 0 Å². The third-order valence-electron chi connectivity index (χ3n) is 10.8. The Balaban J connectivity index is 0.000000228. The van der Waals surface area contributed by atoms with Crippen molar-refractivity contribution in [1.82, 2.24) is 0 Å². The molecule has 8 aromatic rings. The zero-order valence-corrected chi connectivity index (χ0v) is 41.1. The number of fused-ring (bicyclic) bond motifs is 2. The number of halogens is 2. The maximum Gasteiger partial charge on any atom is 0.0896 e. The van der Waals surface area contributed by atoms with E-state index in [4.69, 9.17) is 8.83 Å². The van der Waals surface area contributed by atoms with Gasteiger partial charge in [0.15, 0.2) is 0 Å². The molecular weight excluding hydrogens is 847 g/mol. The second kappa shape index (κ2) is 20.1. The molecule has 2 heterocycles. The summed E-state index contributed by atoms with van der Waals surface area (Å²) in [5, 5.41) is 5.16. The first-order valence-electron chi connectivity index (χ1n) is 19.9. The molecule has 0 unspecified atom stereocenters. The van der Waals surface area contributed by atoms with Gasteiger partial charge in [-0.05, 0) is 111 Å². The van der Waals surface area contributed by atoms with Crippen LogP contribution in [0.3, 0.4) is 0 Å². The number of aryl methyl sites for hydroxylation is 4. The first kappa shape index (κ1) is 47.0. The van der Waals surface area contributed by atoms with Gasteiger partial charge in [-0.2, -0.15) is 0 Å². The molecule has 58 heavy (non-hydrogen) atoms. The van der Waals surface area contributed by atoms with Crippen LogP contribution >= 0.6 is 0 Å². The van der Waals surface area contributed by atoms with Crippen molar-refractivity contribution in [3.05, 3.63) is 154 Å². The van der Waals surface area contributed by atoms with Crippen molar-refractivity contribution in [2.75, 3.05) is 0 Å². The van der Waals surface area contributed by atoms with E-state index in [-0.39, 0.29) is 30.2 Å². The van der Waals surface area contributed by atoms with Gasteiger partial charge in [0.25, 0.3) is 0 Å². The van der Waals surface area contributed by atoms with Crippen LogP contribution in [0.25, 0.3) is 66.4 Å². The molecule has 0 saturated carbocycles. The summed E-state index contributed by atoms with van der Waals surface area (Å²) in [7, 11) is 0. The standard InChI is InChI=1S/2C25H25O.C2H6Si.2ClH.Zr/c2*1-15(2)19-7-9-20(10-8-19)25-18(5)16(3)12-21-13-22(14-23(21)25)24-11-6-17(4)26-24;1-3-2;;;/h2*6-15H,1-5H3;1-2H3;2*1H;/q2*-1;;;;+2/p-2. The van der Waals surface area contributed by atoms with E-state index in [1.165, 1.54) is 77.2 Å². The quantitative estimate of drug-likeness (QED) is 0.123. The van der Waals surface area contributed by atoms with Crippen molar-refractivity contribution in [2.24, 2.45) is 0 Å². The van der Waals surface area contributed by atoms with Gasteiger partial charge >= 0.3 is 41.9 Å². The fourth-order valence-corrected chi connectivity index (χ4v) is 7.48. The first-order valence-corrected chi connectivity index (χ1v) is 26.1. The van der Waals surface area contributed by atoms with E-state index in [9.17, 15) is 0 Å². The minimum atomic E-state index is 0. The van der Waals surface area contributed by atoms with Crippen molar-refractivity contribution in [3.8, 4) is 44.9 Å². The Bertz CT molecular complexity index is 2450. The van der Waals surface area contributed by atoms with E-state index >= 15 is 0 Å². The van der Waals surface area contributed by atoms with Crippen molar-refractivity contribution in [1.29, 1.82) is 0 Å². The maximum absolute atomic E-state index is 5.85. The Hall–Kier alpha value is -3.66. The summed E-state index contributed by atoms with van der Waals surface area (Å²) in [4.78, 5) is 0. The van der Waals surface area contributed by atoms with E-state index in [0.717, 1.165) is 34.2 Å². The predicted molar refractivity (Wildman–Crippen MR) is 239 cm³/mol. The smallest absolute Gasteiger partial charge is 0.0896 e. The molecule has 6 aromatic carbocycles. The van der Waals surface area contributed by atoms with Crippen LogP contribution < -0.4 is 24.8 Å². The summed E-state index contributed by atoms with van der Waals surface area (Å²) in [5.74, 6) is 4.88. The van der Waals surface area contributed by atoms with Crippen LogP contribution in [0.2, 0.25) is 13.1 Å². The zero-order valence-electron chi connectivity index (χ0n) is 36.1. The SMILES string of the molecule is C[Si](C)=[Zr+2].Cc1ccc(-c2cc3c(-c4ccc(C(C)C)cc4)c(C)c(C)cc3[cH-]2)o1.Cc1ccc(-c2cc3c(-c4ccc(C(C)C)cc4)c(C)c(C)cc3[cH-]2)o1.[Cl-].[Cl-]. The molecule has 0 amide bonds. The van der Waals surface area contributed by atoms with Gasteiger partial charge in [0.05, 0.1) is 23.0 Å². The Morgan fingerprint density at radius 1 is 0.500 bits per heavy atom. The van der Waals surface area contributed by atoms with Gasteiger partial charge in [0, 0.05) is 0 Å². The number of hydrogen-bond acceptors (Lipinski definition) is 2. The molecule has 0 spiro atoms. The van der Waals surface area contributed by atoms with Gasteiger partial charge in [-0.25, -0.2) is 0 Å². The van der Waals surface area contributed by atoms with E-state index in [1.807, 2.05) is 26.0 Å². The molecule has 0 aliphatic rings. The Kier molecular flexibility index (Phi) is 16.3. The monoisotopic (exact) mass is 900 g/mol. The summed E-state index contributed by atoms with van der Waals surface area (Å²) < 4.78 is 11.7. The van der Waals surface area contributed by atoms with E-state index in [1.54, 1.807) is 23.3 Å². The average molecular weight is 903 g/mol. The molecule has 0 saturated heterocycles. The van der Waals surface area contributed by atoms with Crippen molar-refractivity contribution in [3.63, 3.8) is 0 Å². The third kappa shape index (κ3) is 10.6. The molecule has 2 aromatic heterocycles. The van der Waals surface area contributed by atoms with Crippen molar-refractivity contribution in [2.45, 2.75) is 94.2 Å². The predicted octanol–water partition coefficient (Wildman–Crippen LogP) is 9.86. The summed E-state index contributed by atoms with van der Waals surface area (Å²) >= 11 is 1.74. The van der Waals surface area contributed by atoms with Gasteiger partial charge in [-0.3, -0.25) is 0 Å². The largest absolute Gasteiger partial charge is 1.00 e. The second-order valence-electron chi connectivity index (χ2n) is 16.3. The number of rotatable bonds is 6. The van der Waals surface area contributed by atoms with Crippen LogP contribution in [0, 0.1) is 41.5 Å². The molecule has 0 fully saturated rings. The van der Waals surface area contributed by atoms with Crippen LogP contribution in [-0.2, 0) is 23.3 Å². The van der Waals surface area contributed by atoms with Crippen LogP contribution in [-0.4, -0.2) is 5.43 Å². The molecule has 0 radical (unpaired) electrons. The Morgan fingerprint density at radius 2 is 0.828 bits per heavy atom. The van der Waals surface area contributed by atoms with Gasteiger partial charge in [0.2, 0.25) is 0 Å².